The Morgan fingerprint density at radius 3 is 2.47 bits per heavy atom. The summed E-state index contributed by atoms with van der Waals surface area (Å²) in [5.74, 6) is 1.68. The van der Waals surface area contributed by atoms with Crippen LogP contribution in [0.15, 0.2) is 42.5 Å². The molecule has 4 aromatic rings. The predicted octanol–water partition coefficient (Wildman–Crippen LogP) is 4.21. The van der Waals surface area contributed by atoms with Crippen LogP contribution >= 0.6 is 11.3 Å². The van der Waals surface area contributed by atoms with Gasteiger partial charge in [-0.2, -0.15) is 9.61 Å². The molecule has 30 heavy (non-hydrogen) atoms. The van der Waals surface area contributed by atoms with Crippen LogP contribution in [0, 0.1) is 6.92 Å². The Morgan fingerprint density at radius 1 is 1.07 bits per heavy atom. The summed E-state index contributed by atoms with van der Waals surface area (Å²) in [7, 11) is 0. The normalized spacial score (nSPS) is 10.9. The van der Waals surface area contributed by atoms with Crippen molar-refractivity contribution in [1.29, 1.82) is 0 Å². The van der Waals surface area contributed by atoms with E-state index in [0.717, 1.165) is 21.4 Å². The molecule has 2 aromatic carbocycles. The van der Waals surface area contributed by atoms with Crippen molar-refractivity contribution >= 4 is 27.9 Å². The summed E-state index contributed by atoms with van der Waals surface area (Å²) >= 11 is 1.44. The Bertz CT molecular complexity index is 1180. The number of ether oxygens (including phenoxy) is 2. The fourth-order valence-corrected chi connectivity index (χ4v) is 3.85. The van der Waals surface area contributed by atoms with Gasteiger partial charge in [0.1, 0.15) is 16.5 Å². The number of carbonyl (C=O) groups excluding carboxylic acids is 1. The van der Waals surface area contributed by atoms with E-state index in [-0.39, 0.29) is 5.91 Å². The fraction of sp³-hybridized carbons (Fsp3) is 0.238. The fourth-order valence-electron chi connectivity index (χ4n) is 2.97. The molecule has 1 N–H and O–H groups in total. The molecule has 154 valence electrons. The first-order chi connectivity index (χ1) is 14.6. The Balaban J connectivity index is 1.58. The number of nitrogens with zero attached hydrogens (tertiary/aromatic N) is 4. The monoisotopic (exact) mass is 423 g/mol. The van der Waals surface area contributed by atoms with Gasteiger partial charge in [0, 0.05) is 22.9 Å². The first kappa shape index (κ1) is 19.8. The van der Waals surface area contributed by atoms with Gasteiger partial charge in [0.25, 0.3) is 5.91 Å². The van der Waals surface area contributed by atoms with E-state index in [4.69, 9.17) is 9.47 Å². The van der Waals surface area contributed by atoms with E-state index in [9.17, 15) is 4.79 Å². The zero-order valence-electron chi connectivity index (χ0n) is 16.9. The number of aromatic nitrogens is 4. The number of benzene rings is 2. The molecule has 0 saturated carbocycles. The maximum absolute atomic E-state index is 12.9. The molecule has 0 atom stereocenters. The van der Waals surface area contributed by atoms with E-state index in [1.165, 1.54) is 11.3 Å². The van der Waals surface area contributed by atoms with Crippen molar-refractivity contribution < 1.29 is 14.3 Å². The molecule has 0 saturated heterocycles. The zero-order valence-corrected chi connectivity index (χ0v) is 17.7. The van der Waals surface area contributed by atoms with Crippen LogP contribution in [-0.4, -0.2) is 38.9 Å². The van der Waals surface area contributed by atoms with Crippen LogP contribution in [0.4, 0.5) is 5.69 Å². The van der Waals surface area contributed by atoms with Crippen molar-refractivity contribution in [3.05, 3.63) is 53.9 Å². The summed E-state index contributed by atoms with van der Waals surface area (Å²) in [6.45, 7) is 6.65. The number of hydrogen-bond acceptors (Lipinski definition) is 7. The number of hydrogen-bond donors (Lipinski definition) is 1. The average molecular weight is 423 g/mol. The summed E-state index contributed by atoms with van der Waals surface area (Å²) in [6.07, 6.45) is 0. The second-order valence-corrected chi connectivity index (χ2v) is 7.40. The van der Waals surface area contributed by atoms with Crippen molar-refractivity contribution in [3.63, 3.8) is 0 Å². The van der Waals surface area contributed by atoms with Crippen LogP contribution in [0.3, 0.4) is 0 Å². The number of fused-ring (bicyclic) bond motifs is 1. The minimum atomic E-state index is -0.247. The second kappa shape index (κ2) is 8.50. The molecule has 8 nitrogen and oxygen atoms in total. The van der Waals surface area contributed by atoms with E-state index >= 15 is 0 Å². The smallest absolute Gasteiger partial charge is 0.255 e. The predicted molar refractivity (Wildman–Crippen MR) is 116 cm³/mol. The molecule has 0 aliphatic carbocycles. The lowest BCUT2D eigenvalue weighted by atomic mass is 10.1. The first-order valence-corrected chi connectivity index (χ1v) is 10.4. The number of rotatable bonds is 7. The molecule has 2 aromatic heterocycles. The highest BCUT2D eigenvalue weighted by Gasteiger charge is 2.13. The molecular weight excluding hydrogens is 402 g/mol. The van der Waals surface area contributed by atoms with Crippen LogP contribution in [0.2, 0.25) is 0 Å². The third-order valence-corrected chi connectivity index (χ3v) is 5.23. The Labute approximate surface area is 177 Å². The lowest BCUT2D eigenvalue weighted by molar-refractivity contribution is 0.102. The van der Waals surface area contributed by atoms with Crippen molar-refractivity contribution in [2.75, 3.05) is 18.5 Å². The Hall–Kier alpha value is -3.46. The second-order valence-electron chi connectivity index (χ2n) is 6.44. The molecule has 0 aliphatic rings. The van der Waals surface area contributed by atoms with E-state index in [2.05, 4.69) is 20.6 Å². The minimum absolute atomic E-state index is 0.247. The molecule has 9 heteroatoms. The highest BCUT2D eigenvalue weighted by atomic mass is 32.1. The molecule has 4 rings (SSSR count). The van der Waals surface area contributed by atoms with Crippen molar-refractivity contribution in [3.8, 4) is 22.1 Å². The number of anilines is 1. The SMILES string of the molecule is CCOc1cc(OCC)cc(C(=O)Nc2cccc(-c3nn4c(C)nnc4s3)c2)c1. The van der Waals surface area contributed by atoms with Gasteiger partial charge in [-0.1, -0.05) is 23.5 Å². The first-order valence-electron chi connectivity index (χ1n) is 9.58. The summed E-state index contributed by atoms with van der Waals surface area (Å²) < 4.78 is 12.8. The molecule has 0 unspecified atom stereocenters. The van der Waals surface area contributed by atoms with Crippen molar-refractivity contribution in [1.82, 2.24) is 19.8 Å². The molecule has 0 bridgehead atoms. The van der Waals surface area contributed by atoms with E-state index in [0.29, 0.717) is 36.0 Å². The van der Waals surface area contributed by atoms with Crippen molar-refractivity contribution in [2.24, 2.45) is 0 Å². The number of amides is 1. The standard InChI is InChI=1S/C21H21N5O3S/c1-4-28-17-10-15(11-18(12-17)29-5-2)19(27)22-16-8-6-7-14(9-16)20-25-26-13(3)23-24-21(26)30-20/h6-12H,4-5H2,1-3H3,(H,22,27). The van der Waals surface area contributed by atoms with Gasteiger partial charge in [-0.3, -0.25) is 4.79 Å². The zero-order chi connectivity index (χ0) is 21.1. The van der Waals surface area contributed by atoms with Gasteiger partial charge < -0.3 is 14.8 Å². The van der Waals surface area contributed by atoms with Crippen molar-refractivity contribution in [2.45, 2.75) is 20.8 Å². The molecule has 0 fully saturated rings. The van der Waals surface area contributed by atoms with Crippen LogP contribution < -0.4 is 14.8 Å². The van der Waals surface area contributed by atoms with Gasteiger partial charge >= 0.3 is 0 Å². The van der Waals surface area contributed by atoms with Gasteiger partial charge in [-0.15, -0.1) is 10.2 Å². The van der Waals surface area contributed by atoms with Gasteiger partial charge in [0.2, 0.25) is 4.96 Å². The quantitative estimate of drug-likeness (QED) is 0.479. The van der Waals surface area contributed by atoms with Crippen LogP contribution in [0.5, 0.6) is 11.5 Å². The lowest BCUT2D eigenvalue weighted by Crippen LogP contribution is -2.12. The van der Waals surface area contributed by atoms with Gasteiger partial charge in [-0.25, -0.2) is 0 Å². The van der Waals surface area contributed by atoms with Gasteiger partial charge in [-0.05, 0) is 45.0 Å². The maximum atomic E-state index is 12.9. The molecule has 2 heterocycles. The molecule has 0 spiro atoms. The van der Waals surface area contributed by atoms with E-state index in [1.807, 2.05) is 45.0 Å². The molecular formula is C21H21N5O3S. The Kier molecular flexibility index (Phi) is 5.62. The topological polar surface area (TPSA) is 90.6 Å². The summed E-state index contributed by atoms with van der Waals surface area (Å²) in [5.41, 5.74) is 2.02. The molecule has 0 aliphatic heterocycles. The number of nitrogens with one attached hydrogen (secondary N) is 1. The lowest BCUT2D eigenvalue weighted by Gasteiger charge is -2.11. The van der Waals surface area contributed by atoms with Crippen LogP contribution in [0.1, 0.15) is 30.0 Å². The van der Waals surface area contributed by atoms with Gasteiger partial charge in [0.15, 0.2) is 5.82 Å². The summed E-state index contributed by atoms with van der Waals surface area (Å²) in [6, 6.07) is 12.7. The Morgan fingerprint density at radius 2 is 1.80 bits per heavy atom. The molecule has 1 amide bonds. The number of aryl methyl sites for hydroxylation is 1. The average Bonchev–Trinajstić information content (AvgIpc) is 3.31. The summed E-state index contributed by atoms with van der Waals surface area (Å²) in [5, 5.41) is 16.4. The van der Waals surface area contributed by atoms with Crippen LogP contribution in [0.25, 0.3) is 15.5 Å². The highest BCUT2D eigenvalue weighted by molar-refractivity contribution is 7.19. The third kappa shape index (κ3) is 4.11. The highest BCUT2D eigenvalue weighted by Crippen LogP contribution is 2.28. The third-order valence-electron chi connectivity index (χ3n) is 4.28. The largest absolute Gasteiger partial charge is 0.494 e. The van der Waals surface area contributed by atoms with E-state index < -0.39 is 0 Å². The minimum Gasteiger partial charge on any atom is -0.494 e. The van der Waals surface area contributed by atoms with E-state index in [1.54, 1.807) is 22.7 Å². The summed E-state index contributed by atoms with van der Waals surface area (Å²) in [4.78, 5) is 13.6. The maximum Gasteiger partial charge on any atom is 0.255 e. The number of carbonyl (C=O) groups is 1. The van der Waals surface area contributed by atoms with Gasteiger partial charge in [0.05, 0.1) is 13.2 Å². The van der Waals surface area contributed by atoms with Crippen LogP contribution in [-0.2, 0) is 0 Å². The molecule has 0 radical (unpaired) electrons.